The van der Waals surface area contributed by atoms with Crippen LogP contribution in [0.1, 0.15) is 19.7 Å². The zero-order chi connectivity index (χ0) is 14.4. The van der Waals surface area contributed by atoms with E-state index in [-0.39, 0.29) is 0 Å². The summed E-state index contributed by atoms with van der Waals surface area (Å²) in [7, 11) is 1.64. The Balaban J connectivity index is 1.88. The van der Waals surface area contributed by atoms with E-state index in [1.165, 1.54) is 0 Å². The van der Waals surface area contributed by atoms with E-state index in [1.807, 2.05) is 24.3 Å². The lowest BCUT2D eigenvalue weighted by atomic mass is 10.2. The standard InChI is InChI=1S/C14H20N4O2/c1-10(2)8-15-9-13-17-18-14(20-13)16-11-4-6-12(19-3)7-5-11/h4-7,10,15H,8-9H2,1-3H3,(H,16,18). The summed E-state index contributed by atoms with van der Waals surface area (Å²) in [5.41, 5.74) is 0.871. The van der Waals surface area contributed by atoms with Gasteiger partial charge in [0.05, 0.1) is 13.7 Å². The minimum Gasteiger partial charge on any atom is -0.497 e. The summed E-state index contributed by atoms with van der Waals surface area (Å²) in [6.45, 7) is 5.80. The zero-order valence-corrected chi connectivity index (χ0v) is 12.0. The van der Waals surface area contributed by atoms with E-state index in [2.05, 4.69) is 34.7 Å². The van der Waals surface area contributed by atoms with Crippen LogP contribution in [0.15, 0.2) is 28.7 Å². The average molecular weight is 276 g/mol. The normalized spacial score (nSPS) is 10.8. The van der Waals surface area contributed by atoms with Gasteiger partial charge in [-0.25, -0.2) is 0 Å². The maximum absolute atomic E-state index is 5.50. The number of ether oxygens (including phenoxy) is 1. The minimum absolute atomic E-state index is 0.386. The third-order valence-electron chi connectivity index (χ3n) is 2.64. The van der Waals surface area contributed by atoms with Crippen LogP contribution in [0.5, 0.6) is 5.75 Å². The lowest BCUT2D eigenvalue weighted by molar-refractivity contribution is 0.415. The van der Waals surface area contributed by atoms with Crippen LogP contribution >= 0.6 is 0 Å². The number of nitrogens with one attached hydrogen (secondary N) is 2. The summed E-state index contributed by atoms with van der Waals surface area (Å²) in [4.78, 5) is 0. The molecular formula is C14H20N4O2. The Kier molecular flexibility index (Phi) is 4.95. The van der Waals surface area contributed by atoms with Gasteiger partial charge in [-0.2, -0.15) is 0 Å². The van der Waals surface area contributed by atoms with Gasteiger partial charge in [0.15, 0.2) is 0 Å². The highest BCUT2D eigenvalue weighted by Crippen LogP contribution is 2.18. The predicted molar refractivity (Wildman–Crippen MR) is 77.1 cm³/mol. The van der Waals surface area contributed by atoms with Gasteiger partial charge in [-0.15, -0.1) is 5.10 Å². The Morgan fingerprint density at radius 1 is 1.20 bits per heavy atom. The van der Waals surface area contributed by atoms with Crippen molar-refractivity contribution < 1.29 is 9.15 Å². The highest BCUT2D eigenvalue weighted by Gasteiger charge is 2.06. The topological polar surface area (TPSA) is 72.2 Å². The molecule has 0 unspecified atom stereocenters. The molecule has 0 fully saturated rings. The number of aromatic nitrogens is 2. The van der Waals surface area contributed by atoms with Crippen molar-refractivity contribution in [2.24, 2.45) is 5.92 Å². The third kappa shape index (κ3) is 4.24. The van der Waals surface area contributed by atoms with Crippen LogP contribution < -0.4 is 15.4 Å². The van der Waals surface area contributed by atoms with Crippen LogP contribution in [0.3, 0.4) is 0 Å². The number of hydrogen-bond donors (Lipinski definition) is 2. The van der Waals surface area contributed by atoms with Gasteiger partial charge in [0.1, 0.15) is 5.75 Å². The molecule has 0 spiro atoms. The zero-order valence-electron chi connectivity index (χ0n) is 12.0. The number of nitrogens with zero attached hydrogens (tertiary/aromatic N) is 2. The van der Waals surface area contributed by atoms with Gasteiger partial charge in [-0.05, 0) is 36.7 Å². The highest BCUT2D eigenvalue weighted by atomic mass is 16.5. The first-order valence-electron chi connectivity index (χ1n) is 6.61. The van der Waals surface area contributed by atoms with E-state index in [1.54, 1.807) is 7.11 Å². The molecule has 2 rings (SSSR count). The van der Waals surface area contributed by atoms with E-state index in [4.69, 9.17) is 9.15 Å². The molecule has 1 aromatic heterocycles. The summed E-state index contributed by atoms with van der Waals surface area (Å²) in [6.07, 6.45) is 0. The molecule has 0 bridgehead atoms. The molecule has 108 valence electrons. The molecule has 2 N–H and O–H groups in total. The van der Waals surface area contributed by atoms with Crippen LogP contribution in [-0.2, 0) is 6.54 Å². The van der Waals surface area contributed by atoms with Gasteiger partial charge in [0.2, 0.25) is 5.89 Å². The fourth-order valence-electron chi connectivity index (χ4n) is 1.64. The second-order valence-corrected chi connectivity index (χ2v) is 4.88. The lowest BCUT2D eigenvalue weighted by Gasteiger charge is -2.04. The van der Waals surface area contributed by atoms with Crippen LogP contribution in [0.4, 0.5) is 11.7 Å². The number of anilines is 2. The van der Waals surface area contributed by atoms with Crippen molar-refractivity contribution in [2.75, 3.05) is 19.0 Å². The molecule has 2 aromatic rings. The number of methoxy groups -OCH3 is 1. The molecule has 0 aliphatic heterocycles. The fourth-order valence-corrected chi connectivity index (χ4v) is 1.64. The van der Waals surface area contributed by atoms with Gasteiger partial charge in [-0.3, -0.25) is 0 Å². The van der Waals surface area contributed by atoms with E-state index in [0.29, 0.717) is 24.4 Å². The summed E-state index contributed by atoms with van der Waals surface area (Å²) in [5, 5.41) is 14.2. The van der Waals surface area contributed by atoms with Crippen LogP contribution in [0.25, 0.3) is 0 Å². The number of benzene rings is 1. The summed E-state index contributed by atoms with van der Waals surface area (Å²) in [6, 6.07) is 7.89. The average Bonchev–Trinajstić information content (AvgIpc) is 2.87. The Morgan fingerprint density at radius 3 is 2.60 bits per heavy atom. The molecule has 20 heavy (non-hydrogen) atoms. The van der Waals surface area contributed by atoms with Crippen molar-refractivity contribution in [1.82, 2.24) is 15.5 Å². The minimum atomic E-state index is 0.386. The molecule has 1 aromatic carbocycles. The van der Waals surface area contributed by atoms with Crippen molar-refractivity contribution >= 4 is 11.7 Å². The van der Waals surface area contributed by atoms with Gasteiger partial charge in [-0.1, -0.05) is 18.9 Å². The molecule has 0 aliphatic carbocycles. The maximum atomic E-state index is 5.50. The first-order valence-corrected chi connectivity index (χ1v) is 6.61. The molecule has 6 nitrogen and oxygen atoms in total. The molecule has 0 amide bonds. The molecule has 0 atom stereocenters. The number of rotatable bonds is 7. The van der Waals surface area contributed by atoms with Gasteiger partial charge >= 0.3 is 6.01 Å². The van der Waals surface area contributed by atoms with Crippen molar-refractivity contribution in [2.45, 2.75) is 20.4 Å². The lowest BCUT2D eigenvalue weighted by Crippen LogP contribution is -2.19. The first kappa shape index (κ1) is 14.3. The Labute approximate surface area is 118 Å². The van der Waals surface area contributed by atoms with E-state index < -0.39 is 0 Å². The Bertz CT molecular complexity index is 522. The van der Waals surface area contributed by atoms with Gasteiger partial charge in [0.25, 0.3) is 0 Å². The van der Waals surface area contributed by atoms with Gasteiger partial charge < -0.3 is 19.8 Å². The van der Waals surface area contributed by atoms with E-state index in [9.17, 15) is 0 Å². The second-order valence-electron chi connectivity index (χ2n) is 4.88. The quantitative estimate of drug-likeness (QED) is 0.809. The molecule has 0 aliphatic rings. The molecular weight excluding hydrogens is 256 g/mol. The molecule has 6 heteroatoms. The highest BCUT2D eigenvalue weighted by molar-refractivity contribution is 5.53. The maximum Gasteiger partial charge on any atom is 0.320 e. The molecule has 0 saturated carbocycles. The van der Waals surface area contributed by atoms with Gasteiger partial charge in [0, 0.05) is 5.69 Å². The van der Waals surface area contributed by atoms with Crippen LogP contribution in [-0.4, -0.2) is 23.9 Å². The van der Waals surface area contributed by atoms with Crippen molar-refractivity contribution in [1.29, 1.82) is 0 Å². The molecule has 0 radical (unpaired) electrons. The fraction of sp³-hybridized carbons (Fsp3) is 0.429. The van der Waals surface area contributed by atoms with Crippen molar-refractivity contribution in [3.05, 3.63) is 30.2 Å². The third-order valence-corrected chi connectivity index (χ3v) is 2.64. The summed E-state index contributed by atoms with van der Waals surface area (Å²) >= 11 is 0. The Hall–Kier alpha value is -2.08. The second kappa shape index (κ2) is 6.91. The largest absolute Gasteiger partial charge is 0.497 e. The number of hydrogen-bond acceptors (Lipinski definition) is 6. The van der Waals surface area contributed by atoms with E-state index >= 15 is 0 Å². The van der Waals surface area contributed by atoms with Crippen molar-refractivity contribution in [3.63, 3.8) is 0 Å². The van der Waals surface area contributed by atoms with Crippen LogP contribution in [0.2, 0.25) is 0 Å². The predicted octanol–water partition coefficient (Wildman–Crippen LogP) is 2.57. The van der Waals surface area contributed by atoms with E-state index in [0.717, 1.165) is 18.0 Å². The molecule has 1 heterocycles. The monoisotopic (exact) mass is 276 g/mol. The van der Waals surface area contributed by atoms with Crippen LogP contribution in [0, 0.1) is 5.92 Å². The molecule has 0 saturated heterocycles. The SMILES string of the molecule is COc1ccc(Nc2nnc(CNCC(C)C)o2)cc1. The first-order chi connectivity index (χ1) is 9.67. The smallest absolute Gasteiger partial charge is 0.320 e. The summed E-state index contributed by atoms with van der Waals surface area (Å²) < 4.78 is 10.6. The Morgan fingerprint density at radius 2 is 1.95 bits per heavy atom. The summed E-state index contributed by atoms with van der Waals surface area (Å²) in [5.74, 6) is 1.97. The van der Waals surface area contributed by atoms with Crippen molar-refractivity contribution in [3.8, 4) is 5.75 Å².